The molecule has 0 unspecified atom stereocenters. The molecule has 2 aromatic heterocycles. The van der Waals surface area contributed by atoms with Gasteiger partial charge in [0.2, 0.25) is 0 Å². The smallest absolute Gasteiger partial charge is 0.550 e. The maximum atomic E-state index is 8.89. The Labute approximate surface area is 441 Å². The van der Waals surface area contributed by atoms with Gasteiger partial charge in [-0.25, -0.2) is 0 Å². The number of carbonyl (C=O) groups is 1. The number of benzene rings is 6. The van der Waals surface area contributed by atoms with Crippen molar-refractivity contribution in [2.24, 2.45) is 0 Å². The van der Waals surface area contributed by atoms with Crippen LogP contribution in [0.1, 0.15) is 90.0 Å². The molecule has 5 heterocycles. The molecule has 3 fully saturated rings. The number of halogens is 1. The Bertz CT molecular complexity index is 3040. The molecule has 0 spiro atoms. The van der Waals surface area contributed by atoms with Crippen molar-refractivity contribution < 1.29 is 98.0 Å². The predicted octanol–water partition coefficient (Wildman–Crippen LogP) is 8.44. The van der Waals surface area contributed by atoms with Crippen molar-refractivity contribution in [3.05, 3.63) is 114 Å². The second-order valence-corrected chi connectivity index (χ2v) is 20.6. The molecule has 3 aliphatic heterocycles. The van der Waals surface area contributed by atoms with Gasteiger partial charge in [-0.3, -0.25) is 0 Å². The van der Waals surface area contributed by atoms with E-state index < -0.39 is 27.1 Å². The van der Waals surface area contributed by atoms with Gasteiger partial charge in [0.15, 0.2) is 5.58 Å². The predicted molar refractivity (Wildman–Crippen MR) is 266 cm³/mol. The van der Waals surface area contributed by atoms with Crippen LogP contribution in [0.5, 0.6) is 0 Å². The van der Waals surface area contributed by atoms with Crippen molar-refractivity contribution in [1.29, 1.82) is 0 Å². The second kappa shape index (κ2) is 18.8. The molecule has 0 N–H and O–H groups in total. The van der Waals surface area contributed by atoms with E-state index in [0.29, 0.717) is 5.02 Å². The molecule has 15 heteroatoms. The van der Waals surface area contributed by atoms with Gasteiger partial charge in [-0.15, -0.1) is 0 Å². The number of hydrogen-bond acceptors (Lipinski definition) is 10. The number of hydrogen-bond donors (Lipinski definition) is 0. The molecular weight excluding hydrogens is 892 g/mol. The van der Waals surface area contributed by atoms with Crippen LogP contribution in [0.25, 0.3) is 65.4 Å². The normalized spacial score (nSPS) is 19.5. The van der Waals surface area contributed by atoms with Crippen LogP contribution >= 0.6 is 11.6 Å². The van der Waals surface area contributed by atoms with Crippen LogP contribution in [-0.4, -0.2) is 60.7 Å². The summed E-state index contributed by atoms with van der Waals surface area (Å²) in [6.07, 6.45) is 0. The van der Waals surface area contributed by atoms with Crippen molar-refractivity contribution in [3.63, 3.8) is 0 Å². The Morgan fingerprint density at radius 3 is 1.19 bits per heavy atom. The van der Waals surface area contributed by atoms with E-state index in [1.807, 2.05) is 110 Å². The van der Waals surface area contributed by atoms with Gasteiger partial charge in [0.05, 0.1) is 38.6 Å². The fourth-order valence-corrected chi connectivity index (χ4v) is 8.41. The molecule has 3 saturated heterocycles. The van der Waals surface area contributed by atoms with Crippen LogP contribution in [0.3, 0.4) is 0 Å². The molecule has 0 aliphatic carbocycles. The summed E-state index contributed by atoms with van der Waals surface area (Å²) in [6, 6.07) is 37.1. The Morgan fingerprint density at radius 2 is 0.761 bits per heavy atom. The van der Waals surface area contributed by atoms with Gasteiger partial charge in [-0.05, 0) is 119 Å². The molecule has 0 radical (unpaired) electrons. The fourth-order valence-electron chi connectivity index (χ4n) is 8.19. The monoisotopic (exact) mass is 948 g/mol. The summed E-state index contributed by atoms with van der Waals surface area (Å²) in [5.74, 6) is -1.08. The first kappa shape index (κ1) is 51.6. The van der Waals surface area contributed by atoms with Crippen molar-refractivity contribution in [2.75, 3.05) is 0 Å². The third kappa shape index (κ3) is 9.81. The van der Waals surface area contributed by atoms with Gasteiger partial charge < -0.3 is 46.7 Å². The number of carboxylic acids is 1. The quantitative estimate of drug-likeness (QED) is 0.156. The number of furan rings is 2. The summed E-state index contributed by atoms with van der Waals surface area (Å²) in [7, 11) is -1.39. The maximum Gasteiger partial charge on any atom is 1.00 e. The van der Waals surface area contributed by atoms with Crippen LogP contribution in [0.2, 0.25) is 5.02 Å². The van der Waals surface area contributed by atoms with Gasteiger partial charge in [0.1, 0.15) is 16.7 Å². The van der Waals surface area contributed by atoms with E-state index in [1.54, 1.807) is 0 Å². The first-order valence-electron chi connectivity index (χ1n) is 22.4. The summed E-state index contributed by atoms with van der Waals surface area (Å²) < 4.78 is 48.7. The first-order chi connectivity index (χ1) is 30.8. The van der Waals surface area contributed by atoms with Gasteiger partial charge in [-0.2, -0.15) is 0 Å². The molecule has 0 saturated carbocycles. The Morgan fingerprint density at radius 1 is 0.433 bits per heavy atom. The molecule has 10 nitrogen and oxygen atoms in total. The minimum Gasteiger partial charge on any atom is -0.550 e. The Hall–Kier alpha value is -3.21. The number of rotatable bonds is 2. The van der Waals surface area contributed by atoms with Gasteiger partial charge in [0.25, 0.3) is 0 Å². The molecule has 0 amide bonds. The molecule has 67 heavy (non-hydrogen) atoms. The molecule has 3 aliphatic rings. The first-order valence-corrected chi connectivity index (χ1v) is 22.8. The van der Waals surface area contributed by atoms with E-state index in [1.165, 1.54) is 10.8 Å². The average Bonchev–Trinajstić information content (AvgIpc) is 3.98. The fraction of sp³-hybridized carbons (Fsp3) is 0.365. The third-order valence-corrected chi connectivity index (χ3v) is 14.3. The van der Waals surface area contributed by atoms with Crippen LogP contribution in [0.4, 0.5) is 0 Å². The summed E-state index contributed by atoms with van der Waals surface area (Å²) in [5.41, 5.74) is 2.20. The molecule has 342 valence electrons. The van der Waals surface area contributed by atoms with Crippen LogP contribution in [0.15, 0.2) is 118 Å². The van der Waals surface area contributed by atoms with Crippen molar-refractivity contribution >= 4 is 110 Å². The van der Waals surface area contributed by atoms with E-state index in [4.69, 9.17) is 58.3 Å². The second-order valence-electron chi connectivity index (χ2n) is 20.2. The van der Waals surface area contributed by atoms with Gasteiger partial charge in [0, 0.05) is 43.7 Å². The zero-order chi connectivity index (χ0) is 47.8. The largest absolute Gasteiger partial charge is 1.00 e. The summed E-state index contributed by atoms with van der Waals surface area (Å²) >= 11 is 6.19. The molecule has 6 aromatic carbocycles. The van der Waals surface area contributed by atoms with E-state index in [0.717, 1.165) is 67.0 Å². The standard InChI is InChI=1S/C22H21BO3.C16H9ClO.C12H24B2O4.C2H4O2.K/c1-21(2)22(3,4)26-23(25-21)18-11-7-10-16-17-13-12-14-8-5-6-9-15(14)19(17)24-20(16)18;17-14-7-3-6-12-13-9-8-10-4-1-2-5-11(10)15(13)18-16(12)14;1-9(2)10(3,4)16-13(15-9)14-17-11(5,6)12(7,8)18-14;1-2(3)4;/h5-13H,1-4H3;1-9H;1-8H3;1H3,(H,3,4);/q;;;;+1/p-1. The SMILES string of the molecule is CC(=O)[O-].CC1(C)OB(B2OC(C)(C)C(C)(C)O2)OC1(C)C.CC1(C)OB(c2cccc3c2oc2c4ccccc4ccc32)OC1(C)C.Clc1cccc2c1oc1c3ccccc3ccc21.[K+]. The molecule has 11 rings (SSSR count). The van der Waals surface area contributed by atoms with Crippen LogP contribution < -0.4 is 62.0 Å². The average molecular weight is 949 g/mol. The Kier molecular flexibility index (Phi) is 14.5. The topological polar surface area (TPSA) is 122 Å². The number of para-hydroxylation sites is 2. The van der Waals surface area contributed by atoms with Gasteiger partial charge in [-0.1, -0.05) is 103 Å². The Balaban J connectivity index is 0.000000146. The molecular formula is C52H57B3ClKO10. The number of carboxylic acid groups (broad SMARTS) is 1. The minimum absolute atomic E-state index is 0. The van der Waals surface area contributed by atoms with Gasteiger partial charge >= 0.3 is 72.5 Å². The van der Waals surface area contributed by atoms with Crippen molar-refractivity contribution in [1.82, 2.24) is 0 Å². The van der Waals surface area contributed by atoms with Crippen molar-refractivity contribution in [3.8, 4) is 0 Å². The number of aliphatic carboxylic acids is 1. The van der Waals surface area contributed by atoms with Crippen molar-refractivity contribution in [2.45, 2.75) is 124 Å². The number of fused-ring (bicyclic) bond motifs is 10. The number of carbonyl (C=O) groups excluding carboxylic acids is 1. The summed E-state index contributed by atoms with van der Waals surface area (Å²) in [4.78, 5) is 8.89. The molecule has 0 atom stereocenters. The van der Waals surface area contributed by atoms with E-state index in [-0.39, 0.29) is 85.0 Å². The molecule has 0 bridgehead atoms. The van der Waals surface area contributed by atoms with E-state index in [9.17, 15) is 0 Å². The minimum atomic E-state index is -1.08. The maximum absolute atomic E-state index is 8.89. The zero-order valence-electron chi connectivity index (χ0n) is 41.1. The zero-order valence-corrected chi connectivity index (χ0v) is 45.0. The van der Waals surface area contributed by atoms with Crippen LogP contribution in [0, 0.1) is 0 Å². The van der Waals surface area contributed by atoms with E-state index >= 15 is 0 Å². The molecule has 8 aromatic rings. The summed E-state index contributed by atoms with van der Waals surface area (Å²) in [6.45, 7) is 25.5. The summed E-state index contributed by atoms with van der Waals surface area (Å²) in [5, 5.41) is 18.6. The van der Waals surface area contributed by atoms with Crippen LogP contribution in [-0.2, 0) is 32.7 Å². The van der Waals surface area contributed by atoms with E-state index in [2.05, 4.69) is 82.3 Å². The third-order valence-electron chi connectivity index (χ3n) is 14.0.